The van der Waals surface area contributed by atoms with Crippen LogP contribution in [-0.4, -0.2) is 16.6 Å². The van der Waals surface area contributed by atoms with E-state index in [4.69, 9.17) is 4.65 Å². The Kier molecular flexibility index (Phi) is 20.3. The molecule has 0 fully saturated rings. The first-order chi connectivity index (χ1) is 28.7. The van der Waals surface area contributed by atoms with Gasteiger partial charge in [-0.05, 0) is 78.9 Å². The molecule has 8 rings (SSSR count). The second-order valence-electron chi connectivity index (χ2n) is 12.4. The second kappa shape index (κ2) is 26.1. The largest absolute Gasteiger partial charge is 2.00 e. The molecule has 0 spiro atoms. The molecule has 0 aliphatic heterocycles. The third kappa shape index (κ3) is 14.4. The first kappa shape index (κ1) is 45.8. The van der Waals surface area contributed by atoms with Gasteiger partial charge in [-0.3, -0.25) is 9.78 Å². The number of amides is 1. The van der Waals surface area contributed by atoms with Crippen LogP contribution in [0.5, 0.6) is 0 Å². The smallest absolute Gasteiger partial charge is 0.0622 e. The molecular formula is C51H43N3O2P2Ru+2. The minimum Gasteiger partial charge on any atom is -0.0622 e. The Bertz CT molecular complexity index is 2090. The second-order valence-corrected chi connectivity index (χ2v) is 16.8. The summed E-state index contributed by atoms with van der Waals surface area (Å²) in [7, 11) is -0.892. The molecule has 8 heteroatoms. The van der Waals surface area contributed by atoms with Crippen LogP contribution >= 0.6 is 15.8 Å². The quantitative estimate of drug-likeness (QED) is 0.0393. The van der Waals surface area contributed by atoms with E-state index in [0.29, 0.717) is 11.3 Å². The molecule has 290 valence electrons. The van der Waals surface area contributed by atoms with Gasteiger partial charge in [0.25, 0.3) is 5.91 Å². The van der Waals surface area contributed by atoms with Gasteiger partial charge in [0.2, 0.25) is 0 Å². The molecule has 59 heavy (non-hydrogen) atoms. The molecule has 0 unspecified atom stereocenters. The number of hydrogen-bond donors (Lipinski definition) is 1. The van der Waals surface area contributed by atoms with Crippen LogP contribution in [0.25, 0.3) is 0 Å². The zero-order valence-electron chi connectivity index (χ0n) is 32.5. The number of carbonyl (C=O) groups is 1. The number of aromatic nitrogens is 1. The summed E-state index contributed by atoms with van der Waals surface area (Å²) in [6.07, 6.45) is 1.69. The number of pyridine rings is 1. The molecule has 0 atom stereocenters. The van der Waals surface area contributed by atoms with Gasteiger partial charge in [-0.1, -0.05) is 206 Å². The normalized spacial score (nSPS) is 10.2. The minimum absolute atomic E-state index is 0. The van der Waals surface area contributed by atoms with E-state index in [1.165, 1.54) is 31.8 Å². The number of nitrogens with one attached hydrogen (secondary N) is 1. The van der Waals surface area contributed by atoms with Gasteiger partial charge in [-0.15, -0.1) is 0 Å². The zero-order valence-corrected chi connectivity index (χ0v) is 36.0. The van der Waals surface area contributed by atoms with E-state index in [2.05, 4.69) is 204 Å². The predicted molar refractivity (Wildman–Crippen MR) is 245 cm³/mol. The Labute approximate surface area is 363 Å². The number of carbonyl (C=O) groups excluding carboxylic acids is 1. The van der Waals surface area contributed by atoms with E-state index in [1.807, 2.05) is 36.4 Å². The van der Waals surface area contributed by atoms with Crippen molar-refractivity contribution < 1.29 is 28.9 Å². The van der Waals surface area contributed by atoms with Crippen LogP contribution in [0.15, 0.2) is 242 Å². The van der Waals surface area contributed by atoms with Crippen molar-refractivity contribution in [2.45, 2.75) is 6.92 Å². The van der Waals surface area contributed by atoms with Crippen molar-refractivity contribution in [3.8, 4) is 0 Å². The first-order valence-corrected chi connectivity index (χ1v) is 21.3. The Balaban J connectivity index is 0.000000190. The van der Waals surface area contributed by atoms with Gasteiger partial charge in [0.1, 0.15) is 0 Å². The summed E-state index contributed by atoms with van der Waals surface area (Å²) in [4.78, 5) is 15.9. The first-order valence-electron chi connectivity index (χ1n) is 18.6. The summed E-state index contributed by atoms with van der Waals surface area (Å²) in [6, 6.07) is 79.2. The van der Waals surface area contributed by atoms with Crippen LogP contribution in [0.2, 0.25) is 0 Å². The van der Waals surface area contributed by atoms with Crippen molar-refractivity contribution in [2.75, 3.05) is 0 Å². The number of rotatable bonds is 9. The predicted octanol–water partition coefficient (Wildman–Crippen LogP) is 9.09. The molecule has 1 N–H and O–H groups in total. The molecule has 7 aromatic carbocycles. The average molecular weight is 893 g/mol. The zero-order chi connectivity index (χ0) is 40.6. The summed E-state index contributed by atoms with van der Waals surface area (Å²) in [5.74, 6) is -0.231. The van der Waals surface area contributed by atoms with Gasteiger partial charge in [-0.2, -0.15) is 5.10 Å². The van der Waals surface area contributed by atoms with Crippen LogP contribution in [-0.2, 0) is 24.1 Å². The van der Waals surface area contributed by atoms with E-state index in [1.54, 1.807) is 25.3 Å². The van der Waals surface area contributed by atoms with Crippen LogP contribution in [0.4, 0.5) is 0 Å². The van der Waals surface area contributed by atoms with Crippen LogP contribution in [0.1, 0.15) is 23.0 Å². The summed E-state index contributed by atoms with van der Waals surface area (Å²) < 4.78 is 7.50. The summed E-state index contributed by atoms with van der Waals surface area (Å²) >= 11 is 0. The topological polar surface area (TPSA) is 74.2 Å². The third-order valence-corrected chi connectivity index (χ3v) is 13.4. The fourth-order valence-corrected chi connectivity index (χ4v) is 10.4. The van der Waals surface area contributed by atoms with Crippen molar-refractivity contribution in [1.29, 1.82) is 0 Å². The number of benzene rings is 7. The summed E-state index contributed by atoms with van der Waals surface area (Å²) in [6.45, 7) is 6.30. The van der Waals surface area contributed by atoms with Crippen molar-refractivity contribution in [3.63, 3.8) is 0 Å². The summed E-state index contributed by atoms with van der Waals surface area (Å²) in [5.41, 5.74) is 4.49. The Morgan fingerprint density at radius 3 is 1.00 bits per heavy atom. The molecule has 0 radical (unpaired) electrons. The SMILES string of the molecule is C/C(=N/NC(=O)c1ccccc1)c1ccccn1.[C-]#[O+].[Ru+2].c1ccc(P(c2ccccc2)c2ccccc2)cc1.c1ccc(P(c2ccccc2)c2ccccc2)cc1. The van der Waals surface area contributed by atoms with Gasteiger partial charge < -0.3 is 0 Å². The van der Waals surface area contributed by atoms with E-state index < -0.39 is 15.8 Å². The fourth-order valence-electron chi connectivity index (χ4n) is 5.78. The summed E-state index contributed by atoms with van der Waals surface area (Å²) in [5, 5.41) is 12.4. The Morgan fingerprint density at radius 2 is 0.729 bits per heavy atom. The van der Waals surface area contributed by atoms with Crippen LogP contribution in [0.3, 0.4) is 0 Å². The van der Waals surface area contributed by atoms with Gasteiger partial charge >= 0.3 is 30.8 Å². The third-order valence-electron chi connectivity index (χ3n) is 8.48. The monoisotopic (exact) mass is 893 g/mol. The molecule has 1 heterocycles. The number of nitrogens with zero attached hydrogens (tertiary/aromatic N) is 2. The molecule has 1 aromatic heterocycles. The van der Waals surface area contributed by atoms with Crippen molar-refractivity contribution in [3.05, 3.63) is 255 Å². The molecule has 0 saturated carbocycles. The maximum atomic E-state index is 11.7. The molecule has 0 saturated heterocycles. The molecule has 0 aliphatic rings. The van der Waals surface area contributed by atoms with Crippen LogP contribution in [0, 0.1) is 6.65 Å². The molecule has 1 amide bonds. The van der Waals surface area contributed by atoms with Crippen molar-refractivity contribution in [1.82, 2.24) is 10.4 Å². The molecular weight excluding hydrogens is 850 g/mol. The molecule has 5 nitrogen and oxygen atoms in total. The molecule has 0 bridgehead atoms. The molecule has 8 aromatic rings. The fraction of sp³-hybridized carbons (Fsp3) is 0.0196. The van der Waals surface area contributed by atoms with Crippen molar-refractivity contribution in [2.24, 2.45) is 5.10 Å². The van der Waals surface area contributed by atoms with E-state index >= 15 is 0 Å². The van der Waals surface area contributed by atoms with Gasteiger partial charge in [-0.25, -0.2) is 5.43 Å². The maximum Gasteiger partial charge on any atom is 2.00 e. The standard InChI is InChI=1S/2C18H15P.C14H13N3O.CO.Ru/c2*1-4-10-16(11-5-1)19(17-12-6-2-7-13-17)18-14-8-3-9-15-18;1-11(13-9-5-6-10-15-13)16-17-14(18)12-7-3-2-4-8-12;1-2;/h2*1-15H;2-10H,1H3,(H,17,18);;/q;;;;+2/b;;16-11-;;. The van der Waals surface area contributed by atoms with E-state index in [-0.39, 0.29) is 25.4 Å². The minimum atomic E-state index is -0.446. The van der Waals surface area contributed by atoms with Gasteiger partial charge in [0.05, 0.1) is 11.4 Å². The van der Waals surface area contributed by atoms with E-state index in [9.17, 15) is 4.79 Å². The average Bonchev–Trinajstić information content (AvgIpc) is 3.32. The molecule has 0 aliphatic carbocycles. The van der Waals surface area contributed by atoms with Crippen LogP contribution < -0.4 is 37.3 Å². The van der Waals surface area contributed by atoms with Gasteiger partial charge in [0.15, 0.2) is 0 Å². The van der Waals surface area contributed by atoms with Gasteiger partial charge in [0, 0.05) is 11.8 Å². The number of hydrogen-bond acceptors (Lipinski definition) is 3. The Hall–Kier alpha value is -5.95. The number of hydrazone groups is 1. The maximum absolute atomic E-state index is 11.7. The Morgan fingerprint density at radius 1 is 0.458 bits per heavy atom. The van der Waals surface area contributed by atoms with E-state index in [0.717, 1.165) is 5.69 Å². The van der Waals surface area contributed by atoms with Crippen molar-refractivity contribution >= 4 is 59.3 Å².